The van der Waals surface area contributed by atoms with E-state index in [1.807, 2.05) is 0 Å². The van der Waals surface area contributed by atoms with Crippen LogP contribution in [-0.2, 0) is 14.4 Å². The lowest BCUT2D eigenvalue weighted by Gasteiger charge is -2.13. The van der Waals surface area contributed by atoms with Crippen molar-refractivity contribution in [1.29, 1.82) is 0 Å². The van der Waals surface area contributed by atoms with Gasteiger partial charge in [0.1, 0.15) is 0 Å². The van der Waals surface area contributed by atoms with Gasteiger partial charge in [-0.05, 0) is 18.2 Å². The van der Waals surface area contributed by atoms with Crippen LogP contribution in [0.4, 0.5) is 0 Å². The highest BCUT2D eigenvalue weighted by molar-refractivity contribution is 8.18. The first-order chi connectivity index (χ1) is 10.0. The summed E-state index contributed by atoms with van der Waals surface area (Å²) >= 11 is 5.24. The minimum atomic E-state index is -0.0940. The summed E-state index contributed by atoms with van der Waals surface area (Å²) in [5.74, 6) is 2.82. The molecule has 0 spiro atoms. The second-order valence-electron chi connectivity index (χ2n) is 3.54. The highest BCUT2D eigenvalue weighted by Crippen LogP contribution is 2.23. The third-order valence-corrected chi connectivity index (χ3v) is 6.73. The van der Waals surface area contributed by atoms with E-state index >= 15 is 0 Å². The van der Waals surface area contributed by atoms with Gasteiger partial charge < -0.3 is 0 Å². The van der Waals surface area contributed by atoms with Crippen LogP contribution >= 0.6 is 47.0 Å². The molecule has 0 N–H and O–H groups in total. The zero-order valence-corrected chi connectivity index (χ0v) is 14.9. The molecule has 0 aliphatic rings. The van der Waals surface area contributed by atoms with E-state index in [1.54, 1.807) is 11.8 Å². The summed E-state index contributed by atoms with van der Waals surface area (Å²) in [6.07, 6.45) is 3.85. The monoisotopic (exact) mass is 362 g/mol. The summed E-state index contributed by atoms with van der Waals surface area (Å²) in [5, 5.41) is -0.183. The van der Waals surface area contributed by atoms with E-state index in [2.05, 4.69) is 19.7 Å². The van der Waals surface area contributed by atoms with Crippen molar-refractivity contribution in [2.75, 3.05) is 23.0 Å². The highest BCUT2D eigenvalue weighted by atomic mass is 32.2. The smallest absolute Gasteiger partial charge is 0.211 e. The van der Waals surface area contributed by atoms with Crippen LogP contribution in [0, 0.1) is 0 Å². The summed E-state index contributed by atoms with van der Waals surface area (Å²) in [6.45, 7) is 10.3. The summed E-state index contributed by atoms with van der Waals surface area (Å²) in [5.41, 5.74) is 0. The fourth-order valence-electron chi connectivity index (χ4n) is 1.04. The Morgan fingerprint density at radius 2 is 1.38 bits per heavy atom. The number of rotatable bonds is 11. The molecule has 0 aliphatic carbocycles. The third kappa shape index (κ3) is 11.9. The molecule has 0 saturated carbocycles. The first-order valence-corrected chi connectivity index (χ1v) is 10.0. The van der Waals surface area contributed by atoms with E-state index in [0.717, 1.165) is 23.3 Å². The molecule has 0 bridgehead atoms. The van der Waals surface area contributed by atoms with Crippen LogP contribution in [0.3, 0.4) is 0 Å². The van der Waals surface area contributed by atoms with Gasteiger partial charge in [-0.2, -0.15) is 11.8 Å². The van der Waals surface area contributed by atoms with E-state index in [0.29, 0.717) is 11.5 Å². The Kier molecular flexibility index (Phi) is 13.1. The molecule has 0 aromatic heterocycles. The third-order valence-electron chi connectivity index (χ3n) is 1.97. The number of thioether (sulfide) groups is 4. The van der Waals surface area contributed by atoms with Crippen molar-refractivity contribution >= 4 is 62.4 Å². The molecule has 7 heteroatoms. The second kappa shape index (κ2) is 13.3. The molecule has 0 aromatic rings. The van der Waals surface area contributed by atoms with Gasteiger partial charge in [-0.15, -0.1) is 0 Å². The van der Waals surface area contributed by atoms with E-state index in [-0.39, 0.29) is 20.6 Å². The van der Waals surface area contributed by atoms with Crippen LogP contribution < -0.4 is 0 Å². The lowest BCUT2D eigenvalue weighted by atomic mass is 10.5. The molecule has 1 atom stereocenters. The molecule has 0 heterocycles. The minimum Gasteiger partial charge on any atom is -0.282 e. The maximum Gasteiger partial charge on any atom is 0.211 e. The normalized spacial score (nSPS) is 11.4. The van der Waals surface area contributed by atoms with Crippen LogP contribution in [0.25, 0.3) is 0 Å². The molecule has 0 fully saturated rings. The van der Waals surface area contributed by atoms with Gasteiger partial charge in [0.05, 0.1) is 0 Å². The number of carbonyl (C=O) groups excluding carboxylic acids is 3. The molecular weight excluding hydrogens is 344 g/mol. The Balaban J connectivity index is 4.08. The standard InChI is InChI=1S/C14H18O3S4/c1-4-12(15)19-8-7-18-9-11(21-14(17)6-3)10-20-13(16)5-2/h4-6,11H,1-3,7-10H2. The maximum absolute atomic E-state index is 11.4. The topological polar surface area (TPSA) is 51.2 Å². The van der Waals surface area contributed by atoms with Gasteiger partial charge in [0, 0.05) is 28.3 Å². The van der Waals surface area contributed by atoms with Gasteiger partial charge in [0.25, 0.3) is 0 Å². The molecule has 0 rings (SSSR count). The Bertz CT molecular complexity index is 407. The van der Waals surface area contributed by atoms with Gasteiger partial charge >= 0.3 is 0 Å². The molecule has 0 aromatic carbocycles. The molecule has 116 valence electrons. The number of carbonyl (C=O) groups is 3. The summed E-state index contributed by atoms with van der Waals surface area (Å²) in [4.78, 5) is 33.7. The zero-order valence-electron chi connectivity index (χ0n) is 11.6. The molecular formula is C14H18O3S4. The van der Waals surface area contributed by atoms with Crippen molar-refractivity contribution < 1.29 is 14.4 Å². The SMILES string of the molecule is C=CC(=O)SCCSCC(CSC(=O)C=C)SC(=O)C=C. The lowest BCUT2D eigenvalue weighted by Crippen LogP contribution is -2.14. The van der Waals surface area contributed by atoms with E-state index in [1.165, 1.54) is 41.8 Å². The predicted molar refractivity (Wildman–Crippen MR) is 99.2 cm³/mol. The van der Waals surface area contributed by atoms with E-state index in [9.17, 15) is 14.4 Å². The van der Waals surface area contributed by atoms with E-state index < -0.39 is 0 Å². The van der Waals surface area contributed by atoms with Gasteiger partial charge in [0.2, 0.25) is 15.3 Å². The van der Waals surface area contributed by atoms with Crippen molar-refractivity contribution in [3.8, 4) is 0 Å². The Morgan fingerprint density at radius 1 is 0.810 bits per heavy atom. The molecule has 3 nitrogen and oxygen atoms in total. The predicted octanol–water partition coefficient (Wildman–Crippen LogP) is 3.43. The number of hydrogen-bond acceptors (Lipinski definition) is 7. The summed E-state index contributed by atoms with van der Waals surface area (Å²) in [7, 11) is 0. The number of hydrogen-bond donors (Lipinski definition) is 0. The molecule has 21 heavy (non-hydrogen) atoms. The molecule has 0 radical (unpaired) electrons. The fourth-order valence-corrected chi connectivity index (χ4v) is 4.91. The highest BCUT2D eigenvalue weighted by Gasteiger charge is 2.15. The molecule has 1 unspecified atom stereocenters. The Hall–Kier alpha value is -0.370. The van der Waals surface area contributed by atoms with Gasteiger partial charge in [-0.25, -0.2) is 0 Å². The Morgan fingerprint density at radius 3 is 1.95 bits per heavy atom. The van der Waals surface area contributed by atoms with Crippen LogP contribution in [0.1, 0.15) is 0 Å². The van der Waals surface area contributed by atoms with Crippen LogP contribution in [0.15, 0.2) is 38.0 Å². The van der Waals surface area contributed by atoms with Crippen LogP contribution in [0.5, 0.6) is 0 Å². The van der Waals surface area contributed by atoms with Gasteiger partial charge in [-0.1, -0.05) is 55.0 Å². The molecule has 0 saturated heterocycles. The van der Waals surface area contributed by atoms with Crippen molar-refractivity contribution in [1.82, 2.24) is 0 Å². The minimum absolute atomic E-state index is 0.0319. The summed E-state index contributed by atoms with van der Waals surface area (Å²) in [6, 6.07) is 0. The second-order valence-corrected chi connectivity index (χ2v) is 8.12. The van der Waals surface area contributed by atoms with Crippen molar-refractivity contribution in [3.63, 3.8) is 0 Å². The van der Waals surface area contributed by atoms with Gasteiger partial charge in [-0.3, -0.25) is 14.4 Å². The Labute approximate surface area is 142 Å². The first-order valence-electron chi connectivity index (χ1n) is 6.02. The maximum atomic E-state index is 11.4. The average molecular weight is 363 g/mol. The zero-order chi connectivity index (χ0) is 16.1. The van der Waals surface area contributed by atoms with Crippen molar-refractivity contribution in [3.05, 3.63) is 38.0 Å². The largest absolute Gasteiger partial charge is 0.282 e. The molecule has 0 aliphatic heterocycles. The van der Waals surface area contributed by atoms with E-state index in [4.69, 9.17) is 0 Å². The van der Waals surface area contributed by atoms with Crippen LogP contribution in [0.2, 0.25) is 0 Å². The van der Waals surface area contributed by atoms with Crippen molar-refractivity contribution in [2.45, 2.75) is 5.25 Å². The van der Waals surface area contributed by atoms with Crippen molar-refractivity contribution in [2.24, 2.45) is 0 Å². The quantitative estimate of drug-likeness (QED) is 0.412. The first kappa shape index (κ1) is 20.6. The lowest BCUT2D eigenvalue weighted by molar-refractivity contribution is -0.107. The average Bonchev–Trinajstić information content (AvgIpc) is 2.50. The van der Waals surface area contributed by atoms with Gasteiger partial charge in [0.15, 0.2) is 0 Å². The van der Waals surface area contributed by atoms with Crippen LogP contribution in [-0.4, -0.2) is 43.6 Å². The summed E-state index contributed by atoms with van der Waals surface area (Å²) < 4.78 is 0. The molecule has 0 amide bonds. The fraction of sp³-hybridized carbons (Fsp3) is 0.357.